The molecule has 0 aliphatic carbocycles. The largest absolute Gasteiger partial charge is 0.467 e. The molecule has 3 heterocycles. The number of amides is 1. The molecule has 35 heavy (non-hydrogen) atoms. The van der Waals surface area contributed by atoms with Crippen molar-refractivity contribution in [3.63, 3.8) is 0 Å². The van der Waals surface area contributed by atoms with Crippen molar-refractivity contribution in [2.75, 3.05) is 5.75 Å². The molecule has 5 aromatic rings. The number of carbonyl (C=O) groups is 1. The van der Waals surface area contributed by atoms with E-state index in [1.54, 1.807) is 18.0 Å². The number of unbranched alkanes of at least 4 members (excludes halogenated alkanes) is 1. The van der Waals surface area contributed by atoms with Crippen molar-refractivity contribution in [3.8, 4) is 0 Å². The second kappa shape index (κ2) is 10.7. The highest BCUT2D eigenvalue weighted by Gasteiger charge is 2.15. The van der Waals surface area contributed by atoms with E-state index in [9.17, 15) is 4.79 Å². The summed E-state index contributed by atoms with van der Waals surface area (Å²) in [6.45, 7) is 3.25. The Labute approximate surface area is 208 Å². The minimum absolute atomic E-state index is 0.0337. The van der Waals surface area contributed by atoms with Crippen LogP contribution in [-0.4, -0.2) is 31.4 Å². The lowest BCUT2D eigenvalue weighted by Crippen LogP contribution is -2.22. The molecule has 178 valence electrons. The third kappa shape index (κ3) is 5.54. The number of rotatable bonds is 10. The van der Waals surface area contributed by atoms with Gasteiger partial charge in [-0.2, -0.15) is 0 Å². The monoisotopic (exact) mass is 485 g/mol. The van der Waals surface area contributed by atoms with E-state index in [2.05, 4.69) is 63.4 Å². The summed E-state index contributed by atoms with van der Waals surface area (Å²) in [7, 11) is 0. The lowest BCUT2D eigenvalue weighted by atomic mass is 10.1. The number of fused-ring (bicyclic) bond motifs is 3. The Bertz CT molecular complexity index is 1430. The maximum absolute atomic E-state index is 12.0. The maximum Gasteiger partial charge on any atom is 0.220 e. The van der Waals surface area contributed by atoms with Crippen molar-refractivity contribution in [1.82, 2.24) is 25.1 Å². The Kier molecular flexibility index (Phi) is 7.09. The summed E-state index contributed by atoms with van der Waals surface area (Å²) in [6.07, 6.45) is 3.80. The standard InChI is InChI=1S/C27H27N5O2S/c1-19-11-13-20(14-12-19)18-32-23-9-3-2-8-22(23)25-26(32)29-27(31-30-25)35-16-5-4-10-24(33)28-17-21-7-6-15-34-21/h2-3,6-9,11-15H,4-5,10,16-18H2,1H3,(H,28,33). The summed E-state index contributed by atoms with van der Waals surface area (Å²) < 4.78 is 7.45. The third-order valence-electron chi connectivity index (χ3n) is 5.89. The number of thioether (sulfide) groups is 1. The Hall–Kier alpha value is -3.65. The molecule has 0 radical (unpaired) electrons. The van der Waals surface area contributed by atoms with Crippen molar-refractivity contribution < 1.29 is 9.21 Å². The van der Waals surface area contributed by atoms with Crippen molar-refractivity contribution in [2.45, 2.75) is 44.4 Å². The summed E-state index contributed by atoms with van der Waals surface area (Å²) in [5.74, 6) is 1.62. The number of nitrogens with zero attached hydrogens (tertiary/aromatic N) is 4. The number of carbonyl (C=O) groups excluding carboxylic acids is 1. The van der Waals surface area contributed by atoms with Gasteiger partial charge in [0.15, 0.2) is 5.65 Å². The van der Waals surface area contributed by atoms with Crippen LogP contribution in [0.4, 0.5) is 0 Å². The van der Waals surface area contributed by atoms with Gasteiger partial charge in [-0.3, -0.25) is 4.79 Å². The van der Waals surface area contributed by atoms with Crippen LogP contribution in [0.5, 0.6) is 0 Å². The first kappa shape index (κ1) is 23.1. The molecule has 0 atom stereocenters. The van der Waals surface area contributed by atoms with Crippen LogP contribution in [0.15, 0.2) is 76.5 Å². The maximum atomic E-state index is 12.0. The first-order valence-electron chi connectivity index (χ1n) is 11.8. The Balaban J connectivity index is 1.22. The molecule has 0 saturated heterocycles. The van der Waals surface area contributed by atoms with Gasteiger partial charge in [0.25, 0.3) is 0 Å². The van der Waals surface area contributed by atoms with Gasteiger partial charge in [-0.15, -0.1) is 10.2 Å². The van der Waals surface area contributed by atoms with Gasteiger partial charge in [0, 0.05) is 24.1 Å². The molecule has 5 rings (SSSR count). The van der Waals surface area contributed by atoms with Gasteiger partial charge in [0.2, 0.25) is 11.1 Å². The van der Waals surface area contributed by atoms with Gasteiger partial charge in [-0.1, -0.05) is 59.8 Å². The number of hydrogen-bond donors (Lipinski definition) is 1. The molecule has 8 heteroatoms. The van der Waals surface area contributed by atoms with Crippen LogP contribution in [0.2, 0.25) is 0 Å². The topological polar surface area (TPSA) is 85.8 Å². The molecular formula is C27H27N5O2S. The molecule has 0 saturated carbocycles. The zero-order valence-corrected chi connectivity index (χ0v) is 20.4. The van der Waals surface area contributed by atoms with E-state index in [0.717, 1.165) is 53.0 Å². The van der Waals surface area contributed by atoms with Crippen molar-refractivity contribution in [1.29, 1.82) is 0 Å². The average Bonchev–Trinajstić information content (AvgIpc) is 3.51. The molecule has 1 amide bonds. The fraction of sp³-hybridized carbons (Fsp3) is 0.259. The SMILES string of the molecule is Cc1ccc(Cn2c3ccccc3c3nnc(SCCCCC(=O)NCc4ccco4)nc32)cc1. The molecule has 7 nitrogen and oxygen atoms in total. The number of benzene rings is 2. The van der Waals surface area contributed by atoms with Gasteiger partial charge in [-0.05, 0) is 43.5 Å². The second-order valence-corrected chi connectivity index (χ2v) is 9.58. The van der Waals surface area contributed by atoms with Crippen LogP contribution in [-0.2, 0) is 17.9 Å². The zero-order chi connectivity index (χ0) is 24.0. The number of aryl methyl sites for hydroxylation is 1. The predicted octanol–water partition coefficient (Wildman–Crippen LogP) is 5.51. The first-order chi connectivity index (χ1) is 17.2. The molecule has 2 aromatic carbocycles. The van der Waals surface area contributed by atoms with E-state index in [0.29, 0.717) is 18.1 Å². The lowest BCUT2D eigenvalue weighted by molar-refractivity contribution is -0.121. The van der Waals surface area contributed by atoms with Crippen LogP contribution in [0.25, 0.3) is 22.1 Å². The number of furan rings is 1. The molecular weight excluding hydrogens is 458 g/mol. The summed E-state index contributed by atoms with van der Waals surface area (Å²) in [5, 5.41) is 13.5. The smallest absolute Gasteiger partial charge is 0.220 e. The Morgan fingerprint density at radius 2 is 1.89 bits per heavy atom. The van der Waals surface area contributed by atoms with Gasteiger partial charge in [0.05, 0.1) is 18.3 Å². The quantitative estimate of drug-likeness (QED) is 0.207. The van der Waals surface area contributed by atoms with Crippen LogP contribution in [0, 0.1) is 6.92 Å². The molecule has 0 fully saturated rings. The summed E-state index contributed by atoms with van der Waals surface area (Å²) in [5.41, 5.74) is 5.24. The highest BCUT2D eigenvalue weighted by Crippen LogP contribution is 2.28. The van der Waals surface area contributed by atoms with E-state index in [-0.39, 0.29) is 5.91 Å². The minimum Gasteiger partial charge on any atom is -0.467 e. The molecule has 0 bridgehead atoms. The van der Waals surface area contributed by atoms with Gasteiger partial charge < -0.3 is 14.3 Å². The Morgan fingerprint density at radius 3 is 2.71 bits per heavy atom. The van der Waals surface area contributed by atoms with Gasteiger partial charge in [0.1, 0.15) is 11.3 Å². The molecule has 0 aliphatic rings. The van der Waals surface area contributed by atoms with E-state index in [1.165, 1.54) is 11.1 Å². The van der Waals surface area contributed by atoms with Crippen LogP contribution in [0.3, 0.4) is 0 Å². The summed E-state index contributed by atoms with van der Waals surface area (Å²) in [6, 6.07) is 20.5. The highest BCUT2D eigenvalue weighted by molar-refractivity contribution is 7.99. The minimum atomic E-state index is 0.0337. The Morgan fingerprint density at radius 1 is 1.03 bits per heavy atom. The second-order valence-electron chi connectivity index (χ2n) is 8.52. The zero-order valence-electron chi connectivity index (χ0n) is 19.6. The van der Waals surface area contributed by atoms with Crippen molar-refractivity contribution in [3.05, 3.63) is 83.8 Å². The molecule has 3 aromatic heterocycles. The number of para-hydroxylation sites is 1. The van der Waals surface area contributed by atoms with E-state index < -0.39 is 0 Å². The van der Waals surface area contributed by atoms with Crippen LogP contribution < -0.4 is 5.32 Å². The summed E-state index contributed by atoms with van der Waals surface area (Å²) in [4.78, 5) is 16.9. The highest BCUT2D eigenvalue weighted by atomic mass is 32.2. The first-order valence-corrected chi connectivity index (χ1v) is 12.7. The average molecular weight is 486 g/mol. The van der Waals surface area contributed by atoms with Crippen LogP contribution in [0.1, 0.15) is 36.1 Å². The van der Waals surface area contributed by atoms with Crippen molar-refractivity contribution >= 4 is 39.7 Å². The van der Waals surface area contributed by atoms with Gasteiger partial charge >= 0.3 is 0 Å². The normalized spacial score (nSPS) is 11.3. The summed E-state index contributed by atoms with van der Waals surface area (Å²) >= 11 is 1.58. The number of nitrogens with one attached hydrogen (secondary N) is 1. The lowest BCUT2D eigenvalue weighted by Gasteiger charge is -2.08. The number of aromatic nitrogens is 4. The van der Waals surface area contributed by atoms with E-state index >= 15 is 0 Å². The molecule has 0 spiro atoms. The molecule has 1 N–H and O–H groups in total. The number of hydrogen-bond acceptors (Lipinski definition) is 6. The third-order valence-corrected chi connectivity index (χ3v) is 6.81. The molecule has 0 unspecified atom stereocenters. The van der Waals surface area contributed by atoms with E-state index in [4.69, 9.17) is 9.40 Å². The van der Waals surface area contributed by atoms with Crippen molar-refractivity contribution in [2.24, 2.45) is 0 Å². The van der Waals surface area contributed by atoms with Crippen LogP contribution >= 0.6 is 11.8 Å². The van der Waals surface area contributed by atoms with Gasteiger partial charge in [-0.25, -0.2) is 4.98 Å². The van der Waals surface area contributed by atoms with E-state index in [1.807, 2.05) is 24.3 Å². The fourth-order valence-corrected chi connectivity index (χ4v) is 4.81. The molecule has 0 aliphatic heterocycles. The fourth-order valence-electron chi connectivity index (χ4n) is 4.02. The predicted molar refractivity (Wildman–Crippen MR) is 138 cm³/mol.